The molecule has 0 aliphatic carbocycles. The fourth-order valence-corrected chi connectivity index (χ4v) is 3.19. The molecule has 144 valence electrons. The van der Waals surface area contributed by atoms with Crippen molar-refractivity contribution in [3.8, 4) is 5.75 Å². The van der Waals surface area contributed by atoms with Gasteiger partial charge in [0.2, 0.25) is 0 Å². The van der Waals surface area contributed by atoms with Gasteiger partial charge in [0.05, 0.1) is 16.8 Å². The van der Waals surface area contributed by atoms with Crippen molar-refractivity contribution in [2.75, 3.05) is 0 Å². The Kier molecular flexibility index (Phi) is 4.78. The fourth-order valence-electron chi connectivity index (χ4n) is 3.01. The van der Waals surface area contributed by atoms with Gasteiger partial charge in [0.15, 0.2) is 0 Å². The maximum Gasteiger partial charge on any atom is 0.345 e. The van der Waals surface area contributed by atoms with Crippen molar-refractivity contribution < 1.29 is 14.3 Å². The highest BCUT2D eigenvalue weighted by Gasteiger charge is 2.13. The maximum atomic E-state index is 12.5. The highest BCUT2D eigenvalue weighted by Crippen LogP contribution is 2.25. The van der Waals surface area contributed by atoms with E-state index in [9.17, 15) is 14.7 Å². The monoisotopic (exact) mass is 406 g/mol. The van der Waals surface area contributed by atoms with Crippen LogP contribution in [0, 0.1) is 0 Å². The molecule has 0 aliphatic heterocycles. The molecule has 3 aromatic carbocycles. The summed E-state index contributed by atoms with van der Waals surface area (Å²) in [6.07, 6.45) is 0. The second-order valence-electron chi connectivity index (χ2n) is 6.48. The van der Waals surface area contributed by atoms with Gasteiger partial charge in [-0.25, -0.2) is 10.2 Å². The minimum atomic E-state index is -0.596. The van der Waals surface area contributed by atoms with Crippen molar-refractivity contribution in [1.82, 2.24) is 5.43 Å². The van der Waals surface area contributed by atoms with Gasteiger partial charge in [-0.1, -0.05) is 35.9 Å². The SMILES string of the molecule is C/C(=N\NC(=O)c1cc2ccccc2cc1O)c1cc2cc(Cl)ccc2oc1=O. The van der Waals surface area contributed by atoms with Crippen LogP contribution in [-0.4, -0.2) is 16.7 Å². The molecule has 1 amide bonds. The number of nitrogens with one attached hydrogen (secondary N) is 1. The van der Waals surface area contributed by atoms with Gasteiger partial charge in [0.25, 0.3) is 5.91 Å². The van der Waals surface area contributed by atoms with E-state index in [2.05, 4.69) is 10.5 Å². The van der Waals surface area contributed by atoms with Gasteiger partial charge < -0.3 is 9.52 Å². The molecule has 29 heavy (non-hydrogen) atoms. The van der Waals surface area contributed by atoms with Crippen LogP contribution in [0.25, 0.3) is 21.7 Å². The first-order valence-electron chi connectivity index (χ1n) is 8.72. The van der Waals surface area contributed by atoms with Crippen LogP contribution < -0.4 is 11.1 Å². The number of carbonyl (C=O) groups is 1. The molecule has 0 fully saturated rings. The van der Waals surface area contributed by atoms with Crippen LogP contribution in [0.1, 0.15) is 22.8 Å². The smallest absolute Gasteiger partial charge is 0.345 e. The molecule has 0 spiro atoms. The predicted molar refractivity (Wildman–Crippen MR) is 113 cm³/mol. The van der Waals surface area contributed by atoms with Gasteiger partial charge >= 0.3 is 5.63 Å². The summed E-state index contributed by atoms with van der Waals surface area (Å²) in [7, 11) is 0. The first kappa shape index (κ1) is 18.7. The Labute approximate surface area is 170 Å². The number of hydrazone groups is 1. The average Bonchev–Trinajstić information content (AvgIpc) is 2.71. The standard InChI is InChI=1S/C22H15ClN2O4/c1-12(17-10-15-8-16(23)6-7-20(15)29-22(17)28)24-25-21(27)18-9-13-4-2-3-5-14(13)11-19(18)26/h2-11,26H,1H3,(H,25,27)/b24-12+. The molecule has 1 aromatic heterocycles. The third kappa shape index (κ3) is 3.70. The van der Waals surface area contributed by atoms with Gasteiger partial charge in [0, 0.05) is 10.4 Å². The summed E-state index contributed by atoms with van der Waals surface area (Å²) in [4.78, 5) is 24.7. The summed E-state index contributed by atoms with van der Waals surface area (Å²) >= 11 is 5.99. The van der Waals surface area contributed by atoms with E-state index < -0.39 is 11.5 Å². The molecule has 4 rings (SSSR count). The van der Waals surface area contributed by atoms with Crippen molar-refractivity contribution in [2.45, 2.75) is 6.92 Å². The fraction of sp³-hybridized carbons (Fsp3) is 0.0455. The molecular weight excluding hydrogens is 392 g/mol. The maximum absolute atomic E-state index is 12.5. The van der Waals surface area contributed by atoms with Crippen LogP contribution >= 0.6 is 11.6 Å². The Hall–Kier alpha value is -3.64. The Bertz CT molecular complexity index is 1360. The van der Waals surface area contributed by atoms with E-state index in [0.29, 0.717) is 16.0 Å². The van der Waals surface area contributed by atoms with Crippen molar-refractivity contribution in [1.29, 1.82) is 0 Å². The predicted octanol–water partition coefficient (Wildman–Crippen LogP) is 4.46. The average molecular weight is 407 g/mol. The van der Waals surface area contributed by atoms with E-state index in [0.717, 1.165) is 10.8 Å². The summed E-state index contributed by atoms with van der Waals surface area (Å²) in [5.41, 5.74) is 2.73. The number of benzene rings is 3. The number of nitrogens with zero attached hydrogens (tertiary/aromatic N) is 1. The molecule has 0 saturated carbocycles. The number of fused-ring (bicyclic) bond motifs is 2. The van der Waals surface area contributed by atoms with Crippen molar-refractivity contribution >= 4 is 45.0 Å². The molecule has 0 unspecified atom stereocenters. The second-order valence-corrected chi connectivity index (χ2v) is 6.92. The Balaban J connectivity index is 1.64. The molecule has 2 N–H and O–H groups in total. The molecule has 0 saturated heterocycles. The number of hydrogen-bond acceptors (Lipinski definition) is 5. The highest BCUT2D eigenvalue weighted by atomic mass is 35.5. The van der Waals surface area contributed by atoms with Crippen molar-refractivity contribution in [3.05, 3.63) is 87.2 Å². The highest BCUT2D eigenvalue weighted by molar-refractivity contribution is 6.31. The molecule has 0 aliphatic rings. The molecule has 0 radical (unpaired) electrons. The topological polar surface area (TPSA) is 91.9 Å². The minimum Gasteiger partial charge on any atom is -0.507 e. The number of halogens is 1. The molecule has 6 nitrogen and oxygen atoms in total. The molecule has 0 atom stereocenters. The zero-order chi connectivity index (χ0) is 20.5. The van der Waals surface area contributed by atoms with Crippen LogP contribution in [0.4, 0.5) is 0 Å². The van der Waals surface area contributed by atoms with Gasteiger partial charge in [-0.2, -0.15) is 5.10 Å². The van der Waals surface area contributed by atoms with Gasteiger partial charge in [-0.05, 0) is 54.1 Å². The lowest BCUT2D eigenvalue weighted by molar-refractivity contribution is 0.0952. The number of phenolic OH excluding ortho intramolecular Hbond substituents is 1. The zero-order valence-electron chi connectivity index (χ0n) is 15.3. The quantitative estimate of drug-likeness (QED) is 0.298. The number of rotatable bonds is 3. The largest absolute Gasteiger partial charge is 0.507 e. The summed E-state index contributed by atoms with van der Waals surface area (Å²) < 4.78 is 5.28. The molecule has 0 bridgehead atoms. The van der Waals surface area contributed by atoms with Gasteiger partial charge in [-0.3, -0.25) is 4.79 Å². The summed E-state index contributed by atoms with van der Waals surface area (Å²) in [6, 6.07) is 17.0. The summed E-state index contributed by atoms with van der Waals surface area (Å²) in [5.74, 6) is -0.755. The van der Waals surface area contributed by atoms with Gasteiger partial charge in [0.1, 0.15) is 11.3 Å². The third-order valence-electron chi connectivity index (χ3n) is 4.52. The summed E-state index contributed by atoms with van der Waals surface area (Å²) in [5, 5.41) is 16.9. The molecule has 7 heteroatoms. The van der Waals surface area contributed by atoms with Gasteiger partial charge in [-0.15, -0.1) is 0 Å². The van der Waals surface area contributed by atoms with Crippen molar-refractivity contribution in [3.63, 3.8) is 0 Å². The lowest BCUT2D eigenvalue weighted by Gasteiger charge is -2.07. The van der Waals surface area contributed by atoms with E-state index in [-0.39, 0.29) is 22.6 Å². The lowest BCUT2D eigenvalue weighted by atomic mass is 10.1. The molecular formula is C22H15ClN2O4. The third-order valence-corrected chi connectivity index (χ3v) is 4.75. The van der Waals surface area contributed by atoms with E-state index in [1.54, 1.807) is 37.3 Å². The van der Waals surface area contributed by atoms with Crippen LogP contribution in [-0.2, 0) is 0 Å². The lowest BCUT2D eigenvalue weighted by Crippen LogP contribution is -2.21. The number of aromatic hydroxyl groups is 1. The van der Waals surface area contributed by atoms with E-state index in [1.165, 1.54) is 6.07 Å². The Morgan fingerprint density at radius 2 is 1.69 bits per heavy atom. The number of phenols is 1. The summed E-state index contributed by atoms with van der Waals surface area (Å²) in [6.45, 7) is 1.57. The van der Waals surface area contributed by atoms with E-state index in [1.807, 2.05) is 24.3 Å². The molecule has 1 heterocycles. The minimum absolute atomic E-state index is 0.0811. The van der Waals surface area contributed by atoms with Crippen molar-refractivity contribution in [2.24, 2.45) is 5.10 Å². The van der Waals surface area contributed by atoms with E-state index >= 15 is 0 Å². The number of carbonyl (C=O) groups excluding carboxylic acids is 1. The first-order valence-corrected chi connectivity index (χ1v) is 9.10. The molecule has 4 aromatic rings. The van der Waals surface area contributed by atoms with Crippen LogP contribution in [0.3, 0.4) is 0 Å². The van der Waals surface area contributed by atoms with E-state index in [4.69, 9.17) is 16.0 Å². The first-order chi connectivity index (χ1) is 13.9. The number of hydrogen-bond donors (Lipinski definition) is 2. The number of amides is 1. The normalized spacial score (nSPS) is 11.7. The second kappa shape index (κ2) is 7.41. The van der Waals surface area contributed by atoms with Crippen LogP contribution in [0.2, 0.25) is 5.02 Å². The zero-order valence-corrected chi connectivity index (χ0v) is 16.0. The Morgan fingerprint density at radius 1 is 1.00 bits per heavy atom. The van der Waals surface area contributed by atoms with Crippen LogP contribution in [0.15, 0.2) is 75.0 Å². The Morgan fingerprint density at radius 3 is 2.45 bits per heavy atom. The van der Waals surface area contributed by atoms with Crippen LogP contribution in [0.5, 0.6) is 5.75 Å².